The molecule has 1 amide bonds. The van der Waals surface area contributed by atoms with Crippen LogP contribution in [0.1, 0.15) is 15.9 Å². The second kappa shape index (κ2) is 9.97. The van der Waals surface area contributed by atoms with E-state index >= 15 is 0 Å². The molecular formula is C17H21N3O6S. The van der Waals surface area contributed by atoms with Crippen molar-refractivity contribution in [1.82, 2.24) is 15.2 Å². The quantitative estimate of drug-likeness (QED) is 0.453. The van der Waals surface area contributed by atoms with Crippen LogP contribution in [0.4, 0.5) is 0 Å². The van der Waals surface area contributed by atoms with E-state index in [1.54, 1.807) is 25.4 Å². The van der Waals surface area contributed by atoms with Crippen molar-refractivity contribution in [3.8, 4) is 5.88 Å². The molecule has 2 N–H and O–H groups in total. The molecule has 0 saturated heterocycles. The number of methoxy groups -OCH3 is 1. The largest absolute Gasteiger partial charge is 0.475 e. The van der Waals surface area contributed by atoms with Crippen LogP contribution in [0, 0.1) is 0 Å². The van der Waals surface area contributed by atoms with E-state index in [0.29, 0.717) is 24.7 Å². The minimum atomic E-state index is -3.75. The van der Waals surface area contributed by atoms with Gasteiger partial charge >= 0.3 is 0 Å². The molecule has 0 aliphatic carbocycles. The first kappa shape index (κ1) is 20.8. The van der Waals surface area contributed by atoms with E-state index in [1.807, 2.05) is 4.89 Å². The summed E-state index contributed by atoms with van der Waals surface area (Å²) in [6.45, 7) is 1.15. The van der Waals surface area contributed by atoms with Crippen molar-refractivity contribution in [1.29, 1.82) is 0 Å². The zero-order chi connectivity index (χ0) is 19.7. The molecule has 0 aliphatic heterocycles. The fraction of sp³-hybridized carbons (Fsp3) is 0.294. The van der Waals surface area contributed by atoms with Crippen molar-refractivity contribution in [2.75, 3.05) is 27.4 Å². The van der Waals surface area contributed by atoms with E-state index in [2.05, 4.69) is 15.1 Å². The van der Waals surface area contributed by atoms with Gasteiger partial charge in [-0.1, -0.05) is 11.0 Å². The van der Waals surface area contributed by atoms with E-state index < -0.39 is 10.0 Å². The lowest BCUT2D eigenvalue weighted by atomic mass is 10.2. The zero-order valence-corrected chi connectivity index (χ0v) is 15.8. The number of nitrogens with zero attached hydrogens (tertiary/aromatic N) is 1. The molecular weight excluding hydrogens is 374 g/mol. The number of carbonyl (C=O) groups excluding carboxylic acids is 1. The average Bonchev–Trinajstić information content (AvgIpc) is 2.67. The third-order valence-corrected chi connectivity index (χ3v) is 4.69. The molecule has 27 heavy (non-hydrogen) atoms. The highest BCUT2D eigenvalue weighted by atomic mass is 32.2. The smallest absolute Gasteiger partial charge is 0.262 e. The normalized spacial score (nSPS) is 11.2. The number of hydrogen-bond donors (Lipinski definition) is 2. The minimum Gasteiger partial charge on any atom is -0.475 e. The minimum absolute atomic E-state index is 0.00541. The Morgan fingerprint density at radius 2 is 1.81 bits per heavy atom. The zero-order valence-electron chi connectivity index (χ0n) is 15.0. The Morgan fingerprint density at radius 3 is 2.41 bits per heavy atom. The summed E-state index contributed by atoms with van der Waals surface area (Å²) in [5, 5.41) is 2.74. The Bertz CT molecular complexity index is 838. The fourth-order valence-electron chi connectivity index (χ4n) is 2.06. The van der Waals surface area contributed by atoms with Crippen LogP contribution < -0.4 is 14.9 Å². The van der Waals surface area contributed by atoms with Gasteiger partial charge in [0, 0.05) is 31.5 Å². The molecule has 0 saturated carbocycles. The predicted octanol–water partition coefficient (Wildman–Crippen LogP) is 0.876. The highest BCUT2D eigenvalue weighted by Gasteiger charge is 2.14. The van der Waals surface area contributed by atoms with Gasteiger partial charge in [-0.15, -0.1) is 0 Å². The summed E-state index contributed by atoms with van der Waals surface area (Å²) in [7, 11) is -0.963. The summed E-state index contributed by atoms with van der Waals surface area (Å²) in [6, 6.07) is 8.99. The number of ether oxygens (including phenoxy) is 2. The number of aromatic nitrogens is 1. The Hall–Kier alpha value is -2.53. The second-order valence-corrected chi connectivity index (χ2v) is 6.99. The van der Waals surface area contributed by atoms with Gasteiger partial charge in [0.2, 0.25) is 5.88 Å². The monoisotopic (exact) mass is 395 g/mol. The van der Waals surface area contributed by atoms with Gasteiger partial charge < -0.3 is 14.8 Å². The Balaban J connectivity index is 1.90. The van der Waals surface area contributed by atoms with E-state index in [9.17, 15) is 13.2 Å². The van der Waals surface area contributed by atoms with Gasteiger partial charge in [0.05, 0.1) is 18.6 Å². The van der Waals surface area contributed by atoms with Crippen LogP contribution in [0.5, 0.6) is 5.88 Å². The molecule has 2 aromatic rings. The molecule has 0 radical (unpaired) electrons. The highest BCUT2D eigenvalue weighted by molar-refractivity contribution is 7.89. The van der Waals surface area contributed by atoms with Gasteiger partial charge in [0.1, 0.15) is 6.61 Å². The predicted molar refractivity (Wildman–Crippen MR) is 96.6 cm³/mol. The van der Waals surface area contributed by atoms with Gasteiger partial charge in [-0.05, 0) is 29.8 Å². The molecule has 10 heteroatoms. The van der Waals surface area contributed by atoms with E-state index in [-0.39, 0.29) is 17.3 Å². The third kappa shape index (κ3) is 6.29. The topological polar surface area (TPSA) is 116 Å². The summed E-state index contributed by atoms with van der Waals surface area (Å²) in [6.07, 6.45) is 1.61. The molecule has 0 spiro atoms. The SMILES string of the molecule is COCCOc1ccc(CNC(=O)c2ccc(S(=O)(=O)NOC)cc2)cn1. The van der Waals surface area contributed by atoms with Crippen molar-refractivity contribution in [2.45, 2.75) is 11.4 Å². The lowest BCUT2D eigenvalue weighted by Crippen LogP contribution is -2.24. The molecule has 2 rings (SSSR count). The van der Waals surface area contributed by atoms with Gasteiger partial charge in [-0.2, -0.15) is 0 Å². The molecule has 0 atom stereocenters. The number of amides is 1. The van der Waals surface area contributed by atoms with Crippen LogP contribution in [0.3, 0.4) is 0 Å². The molecule has 0 aliphatic rings. The summed E-state index contributed by atoms with van der Waals surface area (Å²) in [4.78, 5) is 22.6. The van der Waals surface area contributed by atoms with Crippen LogP contribution in [0.25, 0.3) is 0 Å². The van der Waals surface area contributed by atoms with Crippen molar-refractivity contribution < 1.29 is 27.5 Å². The highest BCUT2D eigenvalue weighted by Crippen LogP contribution is 2.11. The number of benzene rings is 1. The van der Waals surface area contributed by atoms with E-state index in [4.69, 9.17) is 9.47 Å². The van der Waals surface area contributed by atoms with Gasteiger partial charge in [-0.3, -0.25) is 9.63 Å². The van der Waals surface area contributed by atoms with Crippen molar-refractivity contribution >= 4 is 15.9 Å². The molecule has 146 valence electrons. The number of nitrogens with one attached hydrogen (secondary N) is 2. The Morgan fingerprint density at radius 1 is 1.07 bits per heavy atom. The molecule has 1 aromatic carbocycles. The number of sulfonamides is 1. The van der Waals surface area contributed by atoms with Gasteiger partial charge in [-0.25, -0.2) is 13.4 Å². The standard InChI is InChI=1S/C17H21N3O6S/c1-24-9-10-26-16-8-3-13(11-18-16)12-19-17(21)14-4-6-15(7-5-14)27(22,23)20-25-2/h3-8,11,20H,9-10,12H2,1-2H3,(H,19,21). The summed E-state index contributed by atoms with van der Waals surface area (Å²) >= 11 is 0. The summed E-state index contributed by atoms with van der Waals surface area (Å²) < 4.78 is 33.8. The Kier molecular flexibility index (Phi) is 7.67. The van der Waals surface area contributed by atoms with Crippen LogP contribution in [-0.2, 0) is 26.1 Å². The molecule has 0 unspecified atom stereocenters. The maximum atomic E-state index is 12.2. The number of hydrogen-bond acceptors (Lipinski definition) is 7. The molecule has 9 nitrogen and oxygen atoms in total. The van der Waals surface area contributed by atoms with E-state index in [0.717, 1.165) is 5.56 Å². The average molecular weight is 395 g/mol. The first-order valence-corrected chi connectivity index (χ1v) is 9.44. The fourth-order valence-corrected chi connectivity index (χ4v) is 2.87. The van der Waals surface area contributed by atoms with Crippen LogP contribution in [0.2, 0.25) is 0 Å². The maximum absolute atomic E-state index is 12.2. The lowest BCUT2D eigenvalue weighted by molar-refractivity contribution is 0.0950. The van der Waals surface area contributed by atoms with Gasteiger partial charge in [0.25, 0.3) is 15.9 Å². The molecule has 0 bridgehead atoms. The maximum Gasteiger partial charge on any atom is 0.262 e. The van der Waals surface area contributed by atoms with Gasteiger partial charge in [0.15, 0.2) is 0 Å². The van der Waals surface area contributed by atoms with Crippen molar-refractivity contribution in [3.05, 3.63) is 53.7 Å². The van der Waals surface area contributed by atoms with Crippen LogP contribution in [-0.4, -0.2) is 46.7 Å². The molecule has 0 fully saturated rings. The molecule has 1 heterocycles. The number of pyridine rings is 1. The summed E-state index contributed by atoms with van der Waals surface area (Å²) in [5.41, 5.74) is 1.13. The summed E-state index contributed by atoms with van der Waals surface area (Å²) in [5.74, 6) is 0.141. The van der Waals surface area contributed by atoms with Crippen LogP contribution in [0.15, 0.2) is 47.5 Å². The first-order chi connectivity index (χ1) is 13.0. The lowest BCUT2D eigenvalue weighted by Gasteiger charge is -2.08. The van der Waals surface area contributed by atoms with Crippen LogP contribution >= 0.6 is 0 Å². The Labute approximate surface area is 157 Å². The van der Waals surface area contributed by atoms with Crippen molar-refractivity contribution in [3.63, 3.8) is 0 Å². The second-order valence-electron chi connectivity index (χ2n) is 5.34. The number of carbonyl (C=O) groups is 1. The molecule has 1 aromatic heterocycles. The van der Waals surface area contributed by atoms with Crippen molar-refractivity contribution in [2.24, 2.45) is 0 Å². The first-order valence-electron chi connectivity index (χ1n) is 7.96. The van der Waals surface area contributed by atoms with E-state index in [1.165, 1.54) is 31.4 Å². The third-order valence-electron chi connectivity index (χ3n) is 3.41. The number of rotatable bonds is 10.